The van der Waals surface area contributed by atoms with Gasteiger partial charge in [0.15, 0.2) is 5.76 Å². The molecule has 0 aromatic heterocycles. The zero-order chi connectivity index (χ0) is 21.3. The number of hydrogen-bond donors (Lipinski definition) is 0. The summed E-state index contributed by atoms with van der Waals surface area (Å²) in [4.78, 5) is 23.1. The van der Waals surface area contributed by atoms with Crippen LogP contribution in [-0.2, 0) is 6.61 Å². The van der Waals surface area contributed by atoms with Crippen molar-refractivity contribution in [2.45, 2.75) is 13.5 Å². The van der Waals surface area contributed by atoms with Crippen LogP contribution in [-0.4, -0.2) is 10.7 Å². The van der Waals surface area contributed by atoms with Gasteiger partial charge in [-0.25, -0.2) is 4.39 Å². The van der Waals surface area contributed by atoms with Crippen molar-refractivity contribution in [2.24, 2.45) is 0 Å². The van der Waals surface area contributed by atoms with Crippen molar-refractivity contribution < 1.29 is 23.6 Å². The maximum absolute atomic E-state index is 13.0. The topological polar surface area (TPSA) is 78.7 Å². The number of fused-ring (bicyclic) bond motifs is 1. The number of rotatable bonds is 5. The molecule has 0 saturated carbocycles. The quantitative estimate of drug-likeness (QED) is 0.330. The van der Waals surface area contributed by atoms with Crippen LogP contribution in [0.15, 0.2) is 66.4 Å². The Morgan fingerprint density at radius 3 is 2.63 bits per heavy atom. The van der Waals surface area contributed by atoms with E-state index in [9.17, 15) is 19.3 Å². The number of halogens is 1. The fourth-order valence-corrected chi connectivity index (χ4v) is 3.15. The van der Waals surface area contributed by atoms with Gasteiger partial charge in [-0.15, -0.1) is 0 Å². The van der Waals surface area contributed by atoms with Crippen LogP contribution in [0.4, 0.5) is 10.1 Å². The SMILES string of the molecule is Cc1c(OCc2ccc(F)cc2)ccc2c1O/C(=C\c1cccc([N+](=O)[O-])c1)C2=O. The lowest BCUT2D eigenvalue weighted by atomic mass is 10.1. The van der Waals surface area contributed by atoms with E-state index in [4.69, 9.17) is 9.47 Å². The van der Waals surface area contributed by atoms with Gasteiger partial charge >= 0.3 is 0 Å². The van der Waals surface area contributed by atoms with Gasteiger partial charge in [-0.05, 0) is 48.4 Å². The summed E-state index contributed by atoms with van der Waals surface area (Å²) < 4.78 is 24.6. The number of nitro groups is 1. The highest BCUT2D eigenvalue weighted by Crippen LogP contribution is 2.39. The summed E-state index contributed by atoms with van der Waals surface area (Å²) in [6.45, 7) is 2.02. The van der Waals surface area contributed by atoms with Gasteiger partial charge in [0.25, 0.3) is 5.69 Å². The molecule has 0 spiro atoms. The molecule has 0 aliphatic carbocycles. The number of non-ortho nitro benzene ring substituents is 1. The molecule has 1 heterocycles. The molecular weight excluding hydrogens is 389 g/mol. The van der Waals surface area contributed by atoms with Crippen LogP contribution in [0.25, 0.3) is 6.08 Å². The van der Waals surface area contributed by atoms with Crippen LogP contribution in [0.5, 0.6) is 11.5 Å². The van der Waals surface area contributed by atoms with E-state index in [1.807, 2.05) is 0 Å². The maximum Gasteiger partial charge on any atom is 0.270 e. The third kappa shape index (κ3) is 3.77. The molecule has 0 fully saturated rings. The molecule has 0 atom stereocenters. The normalized spacial score (nSPS) is 13.8. The zero-order valence-corrected chi connectivity index (χ0v) is 15.9. The summed E-state index contributed by atoms with van der Waals surface area (Å²) in [6.07, 6.45) is 1.48. The number of benzene rings is 3. The number of Topliss-reactive ketones (excluding diaryl/α,β-unsaturated/α-hetero) is 1. The lowest BCUT2D eigenvalue weighted by Gasteiger charge is -2.11. The fourth-order valence-electron chi connectivity index (χ4n) is 3.15. The second-order valence-electron chi connectivity index (χ2n) is 6.77. The molecule has 0 bridgehead atoms. The Kier molecular flexibility index (Phi) is 5.02. The van der Waals surface area contributed by atoms with Gasteiger partial charge in [0.05, 0.1) is 10.5 Å². The fraction of sp³-hybridized carbons (Fsp3) is 0.0870. The van der Waals surface area contributed by atoms with Gasteiger partial charge < -0.3 is 9.47 Å². The number of carbonyl (C=O) groups is 1. The van der Waals surface area contributed by atoms with Crippen molar-refractivity contribution in [1.29, 1.82) is 0 Å². The van der Waals surface area contributed by atoms with Crippen molar-refractivity contribution in [3.8, 4) is 11.5 Å². The molecule has 0 amide bonds. The minimum atomic E-state index is -0.497. The van der Waals surface area contributed by atoms with Crippen LogP contribution in [0.3, 0.4) is 0 Å². The van der Waals surface area contributed by atoms with Gasteiger partial charge in [0.2, 0.25) is 5.78 Å². The van der Waals surface area contributed by atoms with Gasteiger partial charge in [0.1, 0.15) is 23.9 Å². The van der Waals surface area contributed by atoms with Gasteiger partial charge in [-0.3, -0.25) is 14.9 Å². The first-order chi connectivity index (χ1) is 14.4. The van der Waals surface area contributed by atoms with Crippen molar-refractivity contribution in [2.75, 3.05) is 0 Å². The summed E-state index contributed by atoms with van der Waals surface area (Å²) in [5.41, 5.74) is 2.29. The average Bonchev–Trinajstić information content (AvgIpc) is 3.05. The molecule has 4 rings (SSSR count). The number of hydrogen-bond acceptors (Lipinski definition) is 5. The molecule has 1 aliphatic heterocycles. The van der Waals surface area contributed by atoms with Crippen LogP contribution < -0.4 is 9.47 Å². The highest BCUT2D eigenvalue weighted by atomic mass is 19.1. The molecule has 30 heavy (non-hydrogen) atoms. The first-order valence-electron chi connectivity index (χ1n) is 9.12. The van der Waals surface area contributed by atoms with Crippen LogP contribution in [0.1, 0.15) is 27.0 Å². The van der Waals surface area contributed by atoms with E-state index in [0.717, 1.165) is 5.56 Å². The van der Waals surface area contributed by atoms with Crippen LogP contribution >= 0.6 is 0 Å². The second-order valence-corrected chi connectivity index (χ2v) is 6.77. The summed E-state index contributed by atoms with van der Waals surface area (Å²) >= 11 is 0. The van der Waals surface area contributed by atoms with E-state index in [-0.39, 0.29) is 29.7 Å². The number of ketones is 1. The minimum absolute atomic E-state index is 0.0695. The Labute approximate surface area is 171 Å². The van der Waals surface area contributed by atoms with E-state index < -0.39 is 4.92 Å². The van der Waals surface area contributed by atoms with Gasteiger partial charge in [-0.2, -0.15) is 0 Å². The molecule has 3 aromatic carbocycles. The van der Waals surface area contributed by atoms with Crippen LogP contribution in [0.2, 0.25) is 0 Å². The van der Waals surface area contributed by atoms with Crippen molar-refractivity contribution in [3.63, 3.8) is 0 Å². The lowest BCUT2D eigenvalue weighted by Crippen LogP contribution is -1.98. The molecule has 150 valence electrons. The number of allylic oxidation sites excluding steroid dienone is 1. The molecule has 3 aromatic rings. The number of carbonyl (C=O) groups excluding carboxylic acids is 1. The second kappa shape index (κ2) is 7.79. The largest absolute Gasteiger partial charge is 0.488 e. The predicted molar refractivity (Wildman–Crippen MR) is 108 cm³/mol. The Hall–Kier alpha value is -4.00. The van der Waals surface area contributed by atoms with E-state index in [2.05, 4.69) is 0 Å². The molecular formula is C23H16FNO5. The van der Waals surface area contributed by atoms with Gasteiger partial charge in [0, 0.05) is 17.7 Å². The van der Waals surface area contributed by atoms with Crippen molar-refractivity contribution in [1.82, 2.24) is 0 Å². The standard InChI is InChI=1S/C23H16FNO5/c1-14-20(29-13-15-5-7-17(24)8-6-15)10-9-19-22(26)21(30-23(14)19)12-16-3-2-4-18(11-16)25(27)28/h2-12H,13H2,1H3/b21-12-. The number of nitrogens with zero attached hydrogens (tertiary/aromatic N) is 1. The number of nitro benzene ring substituents is 1. The van der Waals surface area contributed by atoms with E-state index >= 15 is 0 Å². The molecule has 0 N–H and O–H groups in total. The van der Waals surface area contributed by atoms with Crippen molar-refractivity contribution in [3.05, 3.63) is 105 Å². The minimum Gasteiger partial charge on any atom is -0.488 e. The smallest absolute Gasteiger partial charge is 0.270 e. The van der Waals surface area contributed by atoms with E-state index in [0.29, 0.717) is 28.2 Å². The lowest BCUT2D eigenvalue weighted by molar-refractivity contribution is -0.384. The van der Waals surface area contributed by atoms with Crippen molar-refractivity contribution >= 4 is 17.5 Å². The first-order valence-corrected chi connectivity index (χ1v) is 9.12. The molecule has 0 unspecified atom stereocenters. The van der Waals surface area contributed by atoms with Gasteiger partial charge in [-0.1, -0.05) is 24.3 Å². The Morgan fingerprint density at radius 1 is 1.13 bits per heavy atom. The molecule has 7 heteroatoms. The maximum atomic E-state index is 13.0. The predicted octanol–water partition coefficient (Wildman–Crippen LogP) is 5.24. The highest BCUT2D eigenvalue weighted by molar-refractivity contribution is 6.15. The molecule has 6 nitrogen and oxygen atoms in total. The molecule has 0 saturated heterocycles. The van der Waals surface area contributed by atoms with E-state index in [1.165, 1.54) is 30.3 Å². The Morgan fingerprint density at radius 2 is 1.90 bits per heavy atom. The van der Waals surface area contributed by atoms with E-state index in [1.54, 1.807) is 43.3 Å². The molecule has 1 aliphatic rings. The third-order valence-corrected chi connectivity index (χ3v) is 4.72. The zero-order valence-electron chi connectivity index (χ0n) is 15.9. The Bertz CT molecular complexity index is 1180. The molecule has 0 radical (unpaired) electrons. The monoisotopic (exact) mass is 405 g/mol. The first kappa shape index (κ1) is 19.3. The summed E-state index contributed by atoms with van der Waals surface area (Å²) in [5, 5.41) is 11.0. The third-order valence-electron chi connectivity index (χ3n) is 4.72. The average molecular weight is 405 g/mol. The summed E-state index contributed by atoms with van der Waals surface area (Å²) in [7, 11) is 0. The van der Waals surface area contributed by atoms with Crippen LogP contribution in [0, 0.1) is 22.9 Å². The summed E-state index contributed by atoms with van der Waals surface area (Å²) in [5.74, 6) is 0.409. The Balaban J connectivity index is 1.57. The number of ether oxygens (including phenoxy) is 2. The summed E-state index contributed by atoms with van der Waals surface area (Å²) in [6, 6.07) is 15.3. The highest BCUT2D eigenvalue weighted by Gasteiger charge is 2.30.